The summed E-state index contributed by atoms with van der Waals surface area (Å²) >= 11 is 0. The predicted octanol–water partition coefficient (Wildman–Crippen LogP) is 4.23. The van der Waals surface area contributed by atoms with Gasteiger partial charge in [-0.2, -0.15) is 23.2 Å². The van der Waals surface area contributed by atoms with Gasteiger partial charge in [-0.1, -0.05) is 12.1 Å². The highest BCUT2D eigenvalue weighted by Gasteiger charge is 2.39. The zero-order valence-corrected chi connectivity index (χ0v) is 18.1. The summed E-state index contributed by atoms with van der Waals surface area (Å²) in [5.41, 5.74) is 2.77. The second-order valence-corrected chi connectivity index (χ2v) is 9.65. The molecule has 1 saturated carbocycles. The molecule has 4 rings (SSSR count). The first-order chi connectivity index (χ1) is 15.0. The summed E-state index contributed by atoms with van der Waals surface area (Å²) in [5.74, 6) is 0.144. The van der Waals surface area contributed by atoms with E-state index < -0.39 is 27.1 Å². The molecule has 1 fully saturated rings. The molecule has 1 unspecified atom stereocenters. The van der Waals surface area contributed by atoms with Crippen molar-refractivity contribution in [2.45, 2.75) is 56.3 Å². The third-order valence-corrected chi connectivity index (χ3v) is 7.18. The standard InChI is InChI=1S/C21H20F3N5O2S/c1-12-6-7-16-17(9-25)19(29(18(16)8-12)14-4-3-5-14)20-26-10-15(11-27-20)32(30,31)28-13(2)21(22,23)24/h6-8,10-11,13-14,28H,3-5H2,1-2H3. The van der Waals surface area contributed by atoms with E-state index in [9.17, 15) is 26.9 Å². The van der Waals surface area contributed by atoms with Gasteiger partial charge < -0.3 is 4.57 Å². The number of nitriles is 1. The SMILES string of the molecule is Cc1ccc2c(C#N)c(-c3ncc(S(=O)(=O)NC(C)C(F)(F)F)cn3)n(C3CCC3)c2c1. The Morgan fingerprint density at radius 3 is 2.44 bits per heavy atom. The lowest BCUT2D eigenvalue weighted by Gasteiger charge is -2.29. The van der Waals surface area contributed by atoms with Gasteiger partial charge in [-0.05, 0) is 44.7 Å². The Balaban J connectivity index is 1.80. The number of aromatic nitrogens is 3. The normalized spacial score (nSPS) is 16.0. The van der Waals surface area contributed by atoms with Gasteiger partial charge in [-0.25, -0.2) is 18.4 Å². The molecule has 0 amide bonds. The maximum absolute atomic E-state index is 12.8. The third-order valence-electron chi connectivity index (χ3n) is 5.68. The first kappa shape index (κ1) is 22.2. The van der Waals surface area contributed by atoms with Crippen molar-refractivity contribution in [3.8, 4) is 17.6 Å². The molecule has 32 heavy (non-hydrogen) atoms. The number of fused-ring (bicyclic) bond motifs is 1. The lowest BCUT2D eigenvalue weighted by molar-refractivity contribution is -0.147. The fourth-order valence-corrected chi connectivity index (χ4v) is 4.84. The molecule has 1 atom stereocenters. The van der Waals surface area contributed by atoms with Gasteiger partial charge in [0.2, 0.25) is 10.0 Å². The van der Waals surface area contributed by atoms with E-state index >= 15 is 0 Å². The Morgan fingerprint density at radius 1 is 1.25 bits per heavy atom. The van der Waals surface area contributed by atoms with Crippen LogP contribution < -0.4 is 4.72 Å². The van der Waals surface area contributed by atoms with Crippen LogP contribution in [0.1, 0.15) is 43.4 Å². The zero-order valence-electron chi connectivity index (χ0n) is 17.3. The molecule has 0 radical (unpaired) electrons. The molecule has 1 aliphatic rings. The van der Waals surface area contributed by atoms with Crippen molar-refractivity contribution < 1.29 is 21.6 Å². The quantitative estimate of drug-likeness (QED) is 0.610. The number of rotatable bonds is 5. The average molecular weight is 463 g/mol. The van der Waals surface area contributed by atoms with Crippen LogP contribution in [0.4, 0.5) is 13.2 Å². The molecule has 0 saturated heterocycles. The molecule has 2 aromatic heterocycles. The molecule has 2 heterocycles. The minimum absolute atomic E-state index is 0.144. The zero-order chi connectivity index (χ0) is 23.3. The predicted molar refractivity (Wildman–Crippen MR) is 111 cm³/mol. The van der Waals surface area contributed by atoms with E-state index in [-0.39, 0.29) is 11.9 Å². The van der Waals surface area contributed by atoms with Crippen molar-refractivity contribution in [3.05, 3.63) is 41.7 Å². The number of nitrogens with zero attached hydrogens (tertiary/aromatic N) is 4. The second-order valence-electron chi connectivity index (χ2n) is 7.94. The molecule has 168 valence electrons. The smallest absolute Gasteiger partial charge is 0.334 e. The van der Waals surface area contributed by atoms with Crippen molar-refractivity contribution in [3.63, 3.8) is 0 Å². The van der Waals surface area contributed by atoms with Crippen LogP contribution >= 0.6 is 0 Å². The summed E-state index contributed by atoms with van der Waals surface area (Å²) in [6.45, 7) is 2.67. The van der Waals surface area contributed by atoms with E-state index in [1.165, 1.54) is 0 Å². The van der Waals surface area contributed by atoms with Crippen LogP contribution in [0.3, 0.4) is 0 Å². The van der Waals surface area contributed by atoms with Crippen LogP contribution in [-0.2, 0) is 10.0 Å². The lowest BCUT2D eigenvalue weighted by Crippen LogP contribution is -2.43. The Morgan fingerprint density at radius 2 is 1.91 bits per heavy atom. The van der Waals surface area contributed by atoms with Crippen LogP contribution in [0.15, 0.2) is 35.5 Å². The van der Waals surface area contributed by atoms with E-state index in [1.54, 1.807) is 4.72 Å². The summed E-state index contributed by atoms with van der Waals surface area (Å²) < 4.78 is 66.5. The molecular weight excluding hydrogens is 443 g/mol. The van der Waals surface area contributed by atoms with Crippen molar-refractivity contribution in [1.82, 2.24) is 19.3 Å². The van der Waals surface area contributed by atoms with Gasteiger partial charge in [0.05, 0.1) is 23.5 Å². The Hall–Kier alpha value is -2.97. The van der Waals surface area contributed by atoms with Gasteiger partial charge in [0.15, 0.2) is 5.82 Å². The van der Waals surface area contributed by atoms with Gasteiger partial charge in [-0.15, -0.1) is 0 Å². The van der Waals surface area contributed by atoms with Gasteiger partial charge in [0.25, 0.3) is 0 Å². The topological polar surface area (TPSA) is 101 Å². The van der Waals surface area contributed by atoms with Crippen LogP contribution in [0.5, 0.6) is 0 Å². The van der Waals surface area contributed by atoms with Crippen molar-refractivity contribution in [1.29, 1.82) is 5.26 Å². The fraction of sp³-hybridized carbons (Fsp3) is 0.381. The summed E-state index contributed by atoms with van der Waals surface area (Å²) in [4.78, 5) is 7.77. The number of nitrogens with one attached hydrogen (secondary N) is 1. The van der Waals surface area contributed by atoms with Crippen molar-refractivity contribution in [2.75, 3.05) is 0 Å². The van der Waals surface area contributed by atoms with E-state index in [0.717, 1.165) is 48.1 Å². The number of alkyl halides is 3. The van der Waals surface area contributed by atoms with Crippen LogP contribution in [-0.4, -0.2) is 35.2 Å². The largest absolute Gasteiger partial charge is 0.404 e. The molecule has 0 bridgehead atoms. The van der Waals surface area contributed by atoms with E-state index in [4.69, 9.17) is 0 Å². The number of halogens is 3. The third kappa shape index (κ3) is 3.84. The monoisotopic (exact) mass is 463 g/mol. The van der Waals surface area contributed by atoms with E-state index in [0.29, 0.717) is 18.2 Å². The summed E-state index contributed by atoms with van der Waals surface area (Å²) in [7, 11) is -4.47. The highest BCUT2D eigenvalue weighted by atomic mass is 32.2. The minimum Gasteiger partial charge on any atom is -0.334 e. The van der Waals surface area contributed by atoms with Crippen molar-refractivity contribution in [2.24, 2.45) is 0 Å². The average Bonchev–Trinajstić information content (AvgIpc) is 2.99. The summed E-state index contributed by atoms with van der Waals surface area (Å²) in [6.07, 6.45) is 0.116. The van der Waals surface area contributed by atoms with Gasteiger partial charge in [0, 0.05) is 11.4 Å². The Kier molecular flexibility index (Phi) is 5.46. The summed E-state index contributed by atoms with van der Waals surface area (Å²) in [6, 6.07) is 5.87. The van der Waals surface area contributed by atoms with Gasteiger partial charge >= 0.3 is 6.18 Å². The van der Waals surface area contributed by atoms with Gasteiger partial charge in [-0.3, -0.25) is 0 Å². The molecule has 3 aromatic rings. The van der Waals surface area contributed by atoms with Gasteiger partial charge in [0.1, 0.15) is 22.7 Å². The molecule has 0 aliphatic heterocycles. The number of hydrogen-bond acceptors (Lipinski definition) is 5. The molecule has 0 spiro atoms. The molecular formula is C21H20F3N5O2S. The van der Waals surface area contributed by atoms with Crippen LogP contribution in [0.2, 0.25) is 0 Å². The summed E-state index contributed by atoms with van der Waals surface area (Å²) in [5, 5.41) is 10.6. The Labute approximate surface area is 183 Å². The molecule has 1 aromatic carbocycles. The highest BCUT2D eigenvalue weighted by molar-refractivity contribution is 7.89. The highest BCUT2D eigenvalue weighted by Crippen LogP contribution is 2.41. The van der Waals surface area contributed by atoms with Crippen molar-refractivity contribution >= 4 is 20.9 Å². The Bertz CT molecular complexity index is 1320. The molecule has 1 N–H and O–H groups in total. The second kappa shape index (κ2) is 7.86. The van der Waals surface area contributed by atoms with Crippen LogP contribution in [0, 0.1) is 18.3 Å². The number of benzene rings is 1. The maximum Gasteiger partial charge on any atom is 0.404 e. The first-order valence-corrected chi connectivity index (χ1v) is 11.5. The fourth-order valence-electron chi connectivity index (χ4n) is 3.72. The molecule has 7 nitrogen and oxygen atoms in total. The van der Waals surface area contributed by atoms with E-state index in [1.807, 2.05) is 29.7 Å². The minimum atomic E-state index is -4.72. The van der Waals surface area contributed by atoms with Crippen LogP contribution in [0.25, 0.3) is 22.4 Å². The first-order valence-electron chi connectivity index (χ1n) is 9.99. The molecule has 11 heteroatoms. The lowest BCUT2D eigenvalue weighted by atomic mass is 9.92. The number of aryl methyl sites for hydroxylation is 1. The number of sulfonamides is 1. The van der Waals surface area contributed by atoms with E-state index in [2.05, 4.69) is 16.0 Å². The molecule has 1 aliphatic carbocycles. The number of hydrogen-bond donors (Lipinski definition) is 1. The maximum atomic E-state index is 12.8.